The summed E-state index contributed by atoms with van der Waals surface area (Å²) in [4.78, 5) is 35.6. The molecule has 0 saturated heterocycles. The van der Waals surface area contributed by atoms with Crippen LogP contribution in [0.1, 0.15) is 55.3 Å². The largest absolute Gasteiger partial charge is 0.354 e. The van der Waals surface area contributed by atoms with Gasteiger partial charge in [-0.05, 0) is 55.9 Å². The van der Waals surface area contributed by atoms with E-state index >= 15 is 0 Å². The predicted molar refractivity (Wildman–Crippen MR) is 99.7 cm³/mol. The lowest BCUT2D eigenvalue weighted by Crippen LogP contribution is -2.35. The van der Waals surface area contributed by atoms with Gasteiger partial charge in [-0.3, -0.25) is 14.4 Å². The van der Waals surface area contributed by atoms with E-state index in [0.29, 0.717) is 36.7 Å². The molecule has 2 aliphatic rings. The molecule has 0 heterocycles. The second-order valence-electron chi connectivity index (χ2n) is 7.30. The van der Waals surface area contributed by atoms with Gasteiger partial charge in [0.05, 0.1) is 0 Å². The SMILES string of the molecule is O=C(CC1CCCC1)NCCNC(=O)c1ccc(NC(=O)C2CC2)cc1. The maximum Gasteiger partial charge on any atom is 0.251 e. The summed E-state index contributed by atoms with van der Waals surface area (Å²) in [6.45, 7) is 0.836. The van der Waals surface area contributed by atoms with Crippen molar-refractivity contribution in [1.29, 1.82) is 0 Å². The zero-order valence-corrected chi connectivity index (χ0v) is 15.1. The van der Waals surface area contributed by atoms with E-state index in [0.717, 1.165) is 25.7 Å². The molecule has 140 valence electrons. The molecule has 0 aromatic heterocycles. The molecule has 3 N–H and O–H groups in total. The number of carbonyl (C=O) groups is 3. The molecule has 0 unspecified atom stereocenters. The number of rotatable bonds is 8. The predicted octanol–water partition coefficient (Wildman–Crippen LogP) is 2.46. The molecular weight excluding hydrogens is 330 g/mol. The Balaban J connectivity index is 1.33. The molecule has 6 nitrogen and oxygen atoms in total. The van der Waals surface area contributed by atoms with Crippen molar-refractivity contribution in [2.24, 2.45) is 11.8 Å². The number of anilines is 1. The maximum absolute atomic E-state index is 12.1. The Labute approximate surface area is 154 Å². The van der Waals surface area contributed by atoms with Crippen molar-refractivity contribution >= 4 is 23.4 Å². The Hall–Kier alpha value is -2.37. The van der Waals surface area contributed by atoms with Gasteiger partial charge in [0.2, 0.25) is 11.8 Å². The smallest absolute Gasteiger partial charge is 0.251 e. The van der Waals surface area contributed by atoms with Crippen molar-refractivity contribution in [3.8, 4) is 0 Å². The number of nitrogens with one attached hydrogen (secondary N) is 3. The summed E-state index contributed by atoms with van der Waals surface area (Å²) in [6.07, 6.45) is 7.30. The minimum atomic E-state index is -0.185. The van der Waals surface area contributed by atoms with Gasteiger partial charge in [0.1, 0.15) is 0 Å². The number of hydrogen-bond donors (Lipinski definition) is 3. The molecule has 3 amide bonds. The first kappa shape index (κ1) is 18.4. The van der Waals surface area contributed by atoms with Crippen LogP contribution in [0.4, 0.5) is 5.69 Å². The number of hydrogen-bond acceptors (Lipinski definition) is 3. The van der Waals surface area contributed by atoms with Crippen molar-refractivity contribution < 1.29 is 14.4 Å². The lowest BCUT2D eigenvalue weighted by molar-refractivity contribution is -0.122. The van der Waals surface area contributed by atoms with E-state index in [-0.39, 0.29) is 23.6 Å². The van der Waals surface area contributed by atoms with Crippen molar-refractivity contribution in [1.82, 2.24) is 10.6 Å². The van der Waals surface area contributed by atoms with Crippen molar-refractivity contribution in [3.05, 3.63) is 29.8 Å². The Bertz CT molecular complexity index is 647. The van der Waals surface area contributed by atoms with Crippen molar-refractivity contribution in [2.45, 2.75) is 44.9 Å². The maximum atomic E-state index is 12.1. The fraction of sp³-hybridized carbons (Fsp3) is 0.550. The average molecular weight is 357 g/mol. The van der Waals surface area contributed by atoms with Crippen LogP contribution in [0.25, 0.3) is 0 Å². The second-order valence-corrected chi connectivity index (χ2v) is 7.30. The number of carbonyl (C=O) groups excluding carboxylic acids is 3. The molecule has 2 saturated carbocycles. The molecule has 0 radical (unpaired) electrons. The first-order valence-electron chi connectivity index (χ1n) is 9.57. The third-order valence-electron chi connectivity index (χ3n) is 5.04. The summed E-state index contributed by atoms with van der Waals surface area (Å²) in [7, 11) is 0. The summed E-state index contributed by atoms with van der Waals surface area (Å²) in [5, 5.41) is 8.50. The molecule has 6 heteroatoms. The second kappa shape index (κ2) is 8.83. The van der Waals surface area contributed by atoms with E-state index in [2.05, 4.69) is 16.0 Å². The van der Waals surface area contributed by atoms with Crippen LogP contribution in [0.15, 0.2) is 24.3 Å². The zero-order valence-electron chi connectivity index (χ0n) is 15.1. The highest BCUT2D eigenvalue weighted by molar-refractivity contribution is 5.96. The Morgan fingerprint density at radius 2 is 1.54 bits per heavy atom. The zero-order chi connectivity index (χ0) is 18.4. The molecule has 0 spiro atoms. The van der Waals surface area contributed by atoms with Crippen LogP contribution in [0.5, 0.6) is 0 Å². The molecular formula is C20H27N3O3. The van der Waals surface area contributed by atoms with Crippen molar-refractivity contribution in [3.63, 3.8) is 0 Å². The van der Waals surface area contributed by atoms with E-state index in [4.69, 9.17) is 0 Å². The van der Waals surface area contributed by atoms with Crippen LogP contribution in [-0.4, -0.2) is 30.8 Å². The molecule has 0 aliphatic heterocycles. The van der Waals surface area contributed by atoms with Crippen LogP contribution in [-0.2, 0) is 9.59 Å². The van der Waals surface area contributed by atoms with E-state index in [1.165, 1.54) is 12.8 Å². The molecule has 0 atom stereocenters. The highest BCUT2D eigenvalue weighted by Gasteiger charge is 2.29. The lowest BCUT2D eigenvalue weighted by Gasteiger charge is -2.10. The van der Waals surface area contributed by atoms with Gasteiger partial charge >= 0.3 is 0 Å². The summed E-state index contributed by atoms with van der Waals surface area (Å²) >= 11 is 0. The minimum Gasteiger partial charge on any atom is -0.354 e. The Morgan fingerprint density at radius 3 is 2.19 bits per heavy atom. The molecule has 1 aromatic carbocycles. The van der Waals surface area contributed by atoms with E-state index in [1.54, 1.807) is 24.3 Å². The van der Waals surface area contributed by atoms with Crippen LogP contribution in [0, 0.1) is 11.8 Å². The highest BCUT2D eigenvalue weighted by Crippen LogP contribution is 2.30. The van der Waals surface area contributed by atoms with Crippen LogP contribution >= 0.6 is 0 Å². The van der Waals surface area contributed by atoms with Gasteiger partial charge in [0, 0.05) is 36.7 Å². The molecule has 1 aromatic rings. The molecule has 26 heavy (non-hydrogen) atoms. The van der Waals surface area contributed by atoms with Crippen LogP contribution in [0.2, 0.25) is 0 Å². The van der Waals surface area contributed by atoms with Gasteiger partial charge in [-0.1, -0.05) is 12.8 Å². The first-order chi connectivity index (χ1) is 12.6. The van der Waals surface area contributed by atoms with Gasteiger partial charge in [-0.15, -0.1) is 0 Å². The van der Waals surface area contributed by atoms with Gasteiger partial charge in [-0.25, -0.2) is 0 Å². The fourth-order valence-corrected chi connectivity index (χ4v) is 3.32. The Kier molecular flexibility index (Phi) is 6.26. The highest BCUT2D eigenvalue weighted by atomic mass is 16.2. The molecule has 3 rings (SSSR count). The fourth-order valence-electron chi connectivity index (χ4n) is 3.32. The van der Waals surface area contributed by atoms with E-state index < -0.39 is 0 Å². The van der Waals surface area contributed by atoms with E-state index in [9.17, 15) is 14.4 Å². The van der Waals surface area contributed by atoms with Gasteiger partial charge in [-0.2, -0.15) is 0 Å². The number of benzene rings is 1. The quantitative estimate of drug-likeness (QED) is 0.625. The number of amides is 3. The van der Waals surface area contributed by atoms with Gasteiger partial charge in [0.25, 0.3) is 5.91 Å². The Morgan fingerprint density at radius 1 is 0.885 bits per heavy atom. The van der Waals surface area contributed by atoms with Crippen LogP contribution in [0.3, 0.4) is 0 Å². The monoisotopic (exact) mass is 357 g/mol. The lowest BCUT2D eigenvalue weighted by atomic mass is 10.0. The summed E-state index contributed by atoms with van der Waals surface area (Å²) < 4.78 is 0. The topological polar surface area (TPSA) is 87.3 Å². The standard InChI is InChI=1S/C20H27N3O3/c24-18(13-14-3-1-2-4-14)21-11-12-22-19(25)15-7-9-17(10-8-15)23-20(26)16-5-6-16/h7-10,14,16H,1-6,11-13H2,(H,21,24)(H,22,25)(H,23,26). The van der Waals surface area contributed by atoms with Gasteiger partial charge < -0.3 is 16.0 Å². The first-order valence-corrected chi connectivity index (χ1v) is 9.57. The summed E-state index contributed by atoms with van der Waals surface area (Å²) in [5.74, 6) is 0.623. The normalized spacial score (nSPS) is 16.9. The molecule has 2 fully saturated rings. The summed E-state index contributed by atoms with van der Waals surface area (Å²) in [6, 6.07) is 6.85. The minimum absolute atomic E-state index is 0.0514. The third kappa shape index (κ3) is 5.58. The molecule has 0 bridgehead atoms. The third-order valence-corrected chi connectivity index (χ3v) is 5.04. The molecule has 2 aliphatic carbocycles. The average Bonchev–Trinajstić information content (AvgIpc) is 3.37. The summed E-state index contributed by atoms with van der Waals surface area (Å²) in [5.41, 5.74) is 1.24. The van der Waals surface area contributed by atoms with E-state index in [1.807, 2.05) is 0 Å². The van der Waals surface area contributed by atoms with Crippen LogP contribution < -0.4 is 16.0 Å². The van der Waals surface area contributed by atoms with Gasteiger partial charge in [0.15, 0.2) is 0 Å². The van der Waals surface area contributed by atoms with Crippen molar-refractivity contribution in [2.75, 3.05) is 18.4 Å².